The average molecular weight is 438 g/mol. The van der Waals surface area contributed by atoms with E-state index in [1.54, 1.807) is 12.1 Å². The van der Waals surface area contributed by atoms with Crippen molar-refractivity contribution in [3.05, 3.63) is 61.0 Å². The van der Waals surface area contributed by atoms with E-state index in [4.69, 9.17) is 39.5 Å². The Morgan fingerprint density at radius 2 is 1.74 bits per heavy atom. The summed E-state index contributed by atoms with van der Waals surface area (Å²) in [6.45, 7) is 0. The van der Waals surface area contributed by atoms with Gasteiger partial charge in [0.1, 0.15) is 0 Å². The first-order valence-electron chi connectivity index (χ1n) is 6.18. The summed E-state index contributed by atoms with van der Waals surface area (Å²) in [5, 5.41) is 2.97. The molecule has 23 heavy (non-hydrogen) atoms. The van der Waals surface area contributed by atoms with Crippen molar-refractivity contribution in [2.45, 2.75) is 0 Å². The van der Waals surface area contributed by atoms with Crippen LogP contribution < -0.4 is 5.32 Å². The Kier molecular flexibility index (Phi) is 5.92. The Balaban J connectivity index is 2.42. The smallest absolute Gasteiger partial charge is 0.340 e. The first-order chi connectivity index (χ1) is 10.8. The Labute approximate surface area is 155 Å². The van der Waals surface area contributed by atoms with Crippen LogP contribution in [0, 0.1) is 0 Å². The lowest BCUT2D eigenvalue weighted by Crippen LogP contribution is -2.16. The highest BCUT2D eigenvalue weighted by molar-refractivity contribution is 9.10. The average Bonchev–Trinajstić information content (AvgIpc) is 2.52. The van der Waals surface area contributed by atoms with Gasteiger partial charge < -0.3 is 10.1 Å². The number of carbonyl (C=O) groups is 2. The molecule has 0 aromatic heterocycles. The molecule has 0 saturated heterocycles. The van der Waals surface area contributed by atoms with Crippen molar-refractivity contribution in [2.24, 2.45) is 0 Å². The molecule has 2 aromatic carbocycles. The molecule has 120 valence electrons. The topological polar surface area (TPSA) is 55.4 Å². The molecule has 0 aliphatic heterocycles. The number of rotatable bonds is 3. The zero-order valence-electron chi connectivity index (χ0n) is 11.6. The molecule has 8 heteroatoms. The minimum absolute atomic E-state index is 0.0274. The zero-order valence-corrected chi connectivity index (χ0v) is 15.5. The molecule has 0 atom stereocenters. The summed E-state index contributed by atoms with van der Waals surface area (Å²) in [4.78, 5) is 24.3. The number of hydrogen-bond acceptors (Lipinski definition) is 3. The van der Waals surface area contributed by atoms with Crippen molar-refractivity contribution < 1.29 is 14.3 Å². The molecule has 0 fully saturated rings. The normalized spacial score (nSPS) is 10.3. The fraction of sp³-hybridized carbons (Fsp3) is 0.0667. The lowest BCUT2D eigenvalue weighted by Gasteiger charge is -2.12. The molecule has 2 rings (SSSR count). The van der Waals surface area contributed by atoms with Crippen LogP contribution in [0.1, 0.15) is 20.7 Å². The van der Waals surface area contributed by atoms with Crippen molar-refractivity contribution in [1.29, 1.82) is 0 Å². The third-order valence-electron chi connectivity index (χ3n) is 2.91. The van der Waals surface area contributed by atoms with Gasteiger partial charge in [-0.25, -0.2) is 4.79 Å². The van der Waals surface area contributed by atoms with Crippen LogP contribution >= 0.6 is 50.7 Å². The highest BCUT2D eigenvalue weighted by atomic mass is 79.9. The molecule has 0 bridgehead atoms. The van der Waals surface area contributed by atoms with E-state index in [1.807, 2.05) is 0 Å². The predicted molar refractivity (Wildman–Crippen MR) is 94.9 cm³/mol. The Morgan fingerprint density at radius 1 is 1.09 bits per heavy atom. The highest BCUT2D eigenvalue weighted by Crippen LogP contribution is 2.32. The number of anilines is 1. The summed E-state index contributed by atoms with van der Waals surface area (Å²) in [6.07, 6.45) is 0. The number of hydrogen-bond donors (Lipinski definition) is 1. The highest BCUT2D eigenvalue weighted by Gasteiger charge is 2.20. The third-order valence-corrected chi connectivity index (χ3v) is 4.52. The standard InChI is InChI=1S/C15H9BrCl3NO3/c1-23-15(22)8-6-7(16)2-5-11(8)20-14(21)12-9(17)3-4-10(18)13(12)19/h2-6H,1H3,(H,20,21). The molecule has 0 aliphatic rings. The summed E-state index contributed by atoms with van der Waals surface area (Å²) in [5.74, 6) is -1.18. The van der Waals surface area contributed by atoms with Crippen molar-refractivity contribution in [3.63, 3.8) is 0 Å². The Morgan fingerprint density at radius 3 is 2.39 bits per heavy atom. The van der Waals surface area contributed by atoms with Gasteiger partial charge in [0.05, 0.1) is 39.0 Å². The predicted octanol–water partition coefficient (Wildman–Crippen LogP) is 5.45. The number of nitrogens with one attached hydrogen (secondary N) is 1. The maximum atomic E-state index is 12.5. The van der Waals surface area contributed by atoms with Crippen LogP contribution in [0.3, 0.4) is 0 Å². The maximum Gasteiger partial charge on any atom is 0.340 e. The minimum atomic E-state index is -0.593. The lowest BCUT2D eigenvalue weighted by molar-refractivity contribution is 0.0602. The van der Waals surface area contributed by atoms with Crippen LogP contribution in [0.2, 0.25) is 15.1 Å². The Hall–Kier alpha value is -1.27. The van der Waals surface area contributed by atoms with Crippen LogP contribution in [-0.2, 0) is 4.74 Å². The van der Waals surface area contributed by atoms with Gasteiger partial charge in [0.15, 0.2) is 0 Å². The minimum Gasteiger partial charge on any atom is -0.465 e. The van der Waals surface area contributed by atoms with E-state index in [9.17, 15) is 9.59 Å². The van der Waals surface area contributed by atoms with Gasteiger partial charge >= 0.3 is 5.97 Å². The molecule has 0 saturated carbocycles. The van der Waals surface area contributed by atoms with E-state index >= 15 is 0 Å². The molecular formula is C15H9BrCl3NO3. The van der Waals surface area contributed by atoms with Gasteiger partial charge in [-0.2, -0.15) is 0 Å². The van der Waals surface area contributed by atoms with Gasteiger partial charge in [-0.3, -0.25) is 4.79 Å². The van der Waals surface area contributed by atoms with Gasteiger partial charge in [0.25, 0.3) is 5.91 Å². The van der Waals surface area contributed by atoms with E-state index in [0.29, 0.717) is 4.47 Å². The number of amides is 1. The number of halogens is 4. The molecular weight excluding hydrogens is 428 g/mol. The van der Waals surface area contributed by atoms with Crippen LogP contribution in [0.25, 0.3) is 0 Å². The van der Waals surface area contributed by atoms with Crippen molar-refractivity contribution in [2.75, 3.05) is 12.4 Å². The number of benzene rings is 2. The van der Waals surface area contributed by atoms with Crippen LogP contribution in [0.15, 0.2) is 34.8 Å². The molecule has 4 nitrogen and oxygen atoms in total. The molecule has 0 radical (unpaired) electrons. The van der Waals surface area contributed by atoms with Gasteiger partial charge in [-0.05, 0) is 30.3 Å². The van der Waals surface area contributed by atoms with Crippen molar-refractivity contribution in [1.82, 2.24) is 0 Å². The maximum absolute atomic E-state index is 12.5. The summed E-state index contributed by atoms with van der Waals surface area (Å²) in [7, 11) is 1.25. The van der Waals surface area contributed by atoms with E-state index in [2.05, 4.69) is 21.2 Å². The van der Waals surface area contributed by atoms with Crippen LogP contribution in [-0.4, -0.2) is 19.0 Å². The second-order valence-corrected chi connectivity index (χ2v) is 6.46. The van der Waals surface area contributed by atoms with Crippen LogP contribution in [0.5, 0.6) is 0 Å². The fourth-order valence-corrected chi connectivity index (χ4v) is 2.89. The number of ether oxygens (including phenoxy) is 1. The number of esters is 1. The molecule has 2 aromatic rings. The first-order valence-corrected chi connectivity index (χ1v) is 8.10. The summed E-state index contributed by atoms with van der Waals surface area (Å²) >= 11 is 21.2. The van der Waals surface area contributed by atoms with Gasteiger partial charge in [-0.15, -0.1) is 0 Å². The van der Waals surface area contributed by atoms with E-state index < -0.39 is 11.9 Å². The van der Waals surface area contributed by atoms with Gasteiger partial charge in [0.2, 0.25) is 0 Å². The van der Waals surface area contributed by atoms with Gasteiger partial charge in [0, 0.05) is 4.47 Å². The third kappa shape index (κ3) is 3.98. The van der Waals surface area contributed by atoms with E-state index in [-0.39, 0.29) is 31.9 Å². The van der Waals surface area contributed by atoms with E-state index in [1.165, 1.54) is 25.3 Å². The molecule has 0 unspecified atom stereocenters. The second kappa shape index (κ2) is 7.53. The molecule has 0 aliphatic carbocycles. The first kappa shape index (κ1) is 18.1. The quantitative estimate of drug-likeness (QED) is 0.513. The molecule has 0 heterocycles. The SMILES string of the molecule is COC(=O)c1cc(Br)ccc1NC(=O)c1c(Cl)ccc(Cl)c1Cl. The largest absolute Gasteiger partial charge is 0.465 e. The molecule has 1 N–H and O–H groups in total. The van der Waals surface area contributed by atoms with E-state index in [0.717, 1.165) is 0 Å². The van der Waals surface area contributed by atoms with Gasteiger partial charge in [-0.1, -0.05) is 50.7 Å². The number of carbonyl (C=O) groups excluding carboxylic acids is 2. The molecule has 1 amide bonds. The van der Waals surface area contributed by atoms with Crippen molar-refractivity contribution in [3.8, 4) is 0 Å². The van der Waals surface area contributed by atoms with Crippen molar-refractivity contribution >= 4 is 68.3 Å². The Bertz CT molecular complexity index is 796. The summed E-state index contributed by atoms with van der Waals surface area (Å²) in [5.41, 5.74) is 0.473. The second-order valence-electron chi connectivity index (χ2n) is 4.35. The fourth-order valence-electron chi connectivity index (χ4n) is 1.82. The molecule has 0 spiro atoms. The summed E-state index contributed by atoms with van der Waals surface area (Å²) in [6, 6.07) is 7.71. The monoisotopic (exact) mass is 435 g/mol. The van der Waals surface area contributed by atoms with Crippen LogP contribution in [0.4, 0.5) is 5.69 Å². The number of methoxy groups -OCH3 is 1. The zero-order chi connectivity index (χ0) is 17.1. The summed E-state index contributed by atoms with van der Waals surface area (Å²) < 4.78 is 5.36. The lowest BCUT2D eigenvalue weighted by atomic mass is 10.1.